The maximum absolute atomic E-state index is 13.6. The standard InChI is InChI=1S/C17H26FN3/c1-16(2)12-21(17(16,3)4)15(19-5)20-11-10-13-8-6-7-9-14(13)18/h6-9H,10-12H2,1-5H3,(H,19,20). The van der Waals surface area contributed by atoms with Crippen LogP contribution in [0.25, 0.3) is 0 Å². The first-order chi connectivity index (χ1) is 9.79. The SMILES string of the molecule is CN=C(NCCc1ccccc1F)N1CC(C)(C)C1(C)C. The van der Waals surface area contributed by atoms with Gasteiger partial charge in [-0.1, -0.05) is 32.0 Å². The van der Waals surface area contributed by atoms with Crippen molar-refractivity contribution in [3.8, 4) is 0 Å². The summed E-state index contributed by atoms with van der Waals surface area (Å²) >= 11 is 0. The zero-order valence-electron chi connectivity index (χ0n) is 13.7. The fourth-order valence-electron chi connectivity index (χ4n) is 2.71. The molecular formula is C17H26FN3. The summed E-state index contributed by atoms with van der Waals surface area (Å²) in [5.41, 5.74) is 1.09. The molecule has 4 heteroatoms. The summed E-state index contributed by atoms with van der Waals surface area (Å²) < 4.78 is 13.6. The van der Waals surface area contributed by atoms with E-state index in [1.54, 1.807) is 13.1 Å². The third kappa shape index (κ3) is 2.89. The van der Waals surface area contributed by atoms with Crippen molar-refractivity contribution in [2.75, 3.05) is 20.1 Å². The Hall–Kier alpha value is -1.58. The molecule has 21 heavy (non-hydrogen) atoms. The number of hydrogen-bond donors (Lipinski definition) is 1. The highest BCUT2D eigenvalue weighted by Gasteiger charge is 2.53. The summed E-state index contributed by atoms with van der Waals surface area (Å²) in [6.07, 6.45) is 0.656. The smallest absolute Gasteiger partial charge is 0.194 e. The van der Waals surface area contributed by atoms with E-state index in [1.165, 1.54) is 6.07 Å². The zero-order valence-corrected chi connectivity index (χ0v) is 13.7. The van der Waals surface area contributed by atoms with Gasteiger partial charge in [0.15, 0.2) is 5.96 Å². The van der Waals surface area contributed by atoms with Gasteiger partial charge in [-0.3, -0.25) is 4.99 Å². The van der Waals surface area contributed by atoms with Crippen LogP contribution in [0.4, 0.5) is 4.39 Å². The minimum Gasteiger partial charge on any atom is -0.356 e. The second-order valence-corrected chi connectivity index (χ2v) is 6.84. The van der Waals surface area contributed by atoms with E-state index in [-0.39, 0.29) is 16.8 Å². The third-order valence-electron chi connectivity index (χ3n) is 4.99. The Morgan fingerprint density at radius 3 is 2.48 bits per heavy atom. The topological polar surface area (TPSA) is 27.6 Å². The van der Waals surface area contributed by atoms with Crippen LogP contribution in [-0.2, 0) is 6.42 Å². The molecule has 2 rings (SSSR count). The first kappa shape index (κ1) is 15.8. The number of likely N-dealkylation sites (tertiary alicyclic amines) is 1. The molecule has 1 fully saturated rings. The summed E-state index contributed by atoms with van der Waals surface area (Å²) in [5, 5.41) is 3.35. The number of nitrogens with one attached hydrogen (secondary N) is 1. The second kappa shape index (κ2) is 5.66. The molecule has 1 N–H and O–H groups in total. The predicted molar refractivity (Wildman–Crippen MR) is 86.0 cm³/mol. The monoisotopic (exact) mass is 291 g/mol. The average molecular weight is 291 g/mol. The lowest BCUT2D eigenvalue weighted by molar-refractivity contribution is -0.0666. The largest absolute Gasteiger partial charge is 0.356 e. The summed E-state index contributed by atoms with van der Waals surface area (Å²) in [4.78, 5) is 6.65. The van der Waals surface area contributed by atoms with Crippen LogP contribution in [-0.4, -0.2) is 36.5 Å². The van der Waals surface area contributed by atoms with E-state index in [4.69, 9.17) is 0 Å². The quantitative estimate of drug-likeness (QED) is 0.684. The highest BCUT2D eigenvalue weighted by Crippen LogP contribution is 2.46. The van der Waals surface area contributed by atoms with Crippen LogP contribution in [0.2, 0.25) is 0 Å². The lowest BCUT2D eigenvalue weighted by Gasteiger charge is -2.62. The van der Waals surface area contributed by atoms with Crippen molar-refractivity contribution >= 4 is 5.96 Å². The Balaban J connectivity index is 1.92. The van der Waals surface area contributed by atoms with E-state index < -0.39 is 0 Å². The van der Waals surface area contributed by atoms with E-state index in [9.17, 15) is 4.39 Å². The van der Waals surface area contributed by atoms with Crippen LogP contribution in [0.3, 0.4) is 0 Å². The van der Waals surface area contributed by atoms with Gasteiger partial charge in [0.1, 0.15) is 5.82 Å². The number of hydrogen-bond acceptors (Lipinski definition) is 1. The summed E-state index contributed by atoms with van der Waals surface area (Å²) in [5.74, 6) is 0.760. The molecular weight excluding hydrogens is 265 g/mol. The van der Waals surface area contributed by atoms with Crippen LogP contribution in [0.15, 0.2) is 29.3 Å². The van der Waals surface area contributed by atoms with Crippen molar-refractivity contribution in [2.45, 2.75) is 39.7 Å². The molecule has 0 unspecified atom stereocenters. The molecule has 1 aliphatic rings. The molecule has 0 radical (unpaired) electrons. The van der Waals surface area contributed by atoms with Gasteiger partial charge in [-0.2, -0.15) is 0 Å². The molecule has 0 aromatic heterocycles. The number of guanidine groups is 1. The first-order valence-corrected chi connectivity index (χ1v) is 7.51. The predicted octanol–water partition coefficient (Wildman–Crippen LogP) is 3.06. The van der Waals surface area contributed by atoms with Crippen molar-refractivity contribution in [3.63, 3.8) is 0 Å². The maximum atomic E-state index is 13.6. The van der Waals surface area contributed by atoms with Gasteiger partial charge in [-0.15, -0.1) is 0 Å². The number of halogens is 1. The van der Waals surface area contributed by atoms with Gasteiger partial charge in [-0.05, 0) is 31.9 Å². The van der Waals surface area contributed by atoms with E-state index in [0.29, 0.717) is 13.0 Å². The maximum Gasteiger partial charge on any atom is 0.194 e. The summed E-state index contributed by atoms with van der Waals surface area (Å²) in [7, 11) is 1.80. The van der Waals surface area contributed by atoms with E-state index >= 15 is 0 Å². The van der Waals surface area contributed by atoms with Gasteiger partial charge < -0.3 is 10.2 Å². The lowest BCUT2D eigenvalue weighted by atomic mass is 9.65. The van der Waals surface area contributed by atoms with Crippen LogP contribution in [0, 0.1) is 11.2 Å². The minimum atomic E-state index is -0.139. The van der Waals surface area contributed by atoms with Gasteiger partial charge in [0.05, 0.1) is 0 Å². The Morgan fingerprint density at radius 2 is 1.95 bits per heavy atom. The zero-order chi connectivity index (χ0) is 15.7. The van der Waals surface area contributed by atoms with Crippen LogP contribution < -0.4 is 5.32 Å². The molecule has 1 aromatic carbocycles. The van der Waals surface area contributed by atoms with Crippen LogP contribution >= 0.6 is 0 Å². The molecule has 3 nitrogen and oxygen atoms in total. The Morgan fingerprint density at radius 1 is 1.29 bits per heavy atom. The fourth-order valence-corrected chi connectivity index (χ4v) is 2.71. The van der Waals surface area contributed by atoms with Crippen molar-refractivity contribution in [3.05, 3.63) is 35.6 Å². The van der Waals surface area contributed by atoms with E-state index in [2.05, 4.69) is 42.9 Å². The molecule has 0 atom stereocenters. The Bertz CT molecular complexity index is 535. The molecule has 0 saturated carbocycles. The average Bonchev–Trinajstić information content (AvgIpc) is 2.43. The summed E-state index contributed by atoms with van der Waals surface area (Å²) in [6.45, 7) is 10.7. The van der Waals surface area contributed by atoms with Gasteiger partial charge in [-0.25, -0.2) is 4.39 Å². The Kier molecular flexibility index (Phi) is 4.26. The first-order valence-electron chi connectivity index (χ1n) is 7.51. The molecule has 0 spiro atoms. The van der Waals surface area contributed by atoms with Gasteiger partial charge in [0.25, 0.3) is 0 Å². The normalized spacial score (nSPS) is 20.1. The molecule has 1 aromatic rings. The van der Waals surface area contributed by atoms with Crippen molar-refractivity contribution in [1.82, 2.24) is 10.2 Å². The second-order valence-electron chi connectivity index (χ2n) is 6.84. The van der Waals surface area contributed by atoms with Gasteiger partial charge >= 0.3 is 0 Å². The molecule has 0 amide bonds. The Labute approximate surface area is 127 Å². The molecule has 116 valence electrons. The number of rotatable bonds is 3. The van der Waals surface area contributed by atoms with Gasteiger partial charge in [0.2, 0.25) is 0 Å². The summed E-state index contributed by atoms with van der Waals surface area (Å²) in [6, 6.07) is 6.92. The van der Waals surface area contributed by atoms with Crippen LogP contribution in [0.1, 0.15) is 33.3 Å². The molecule has 1 saturated heterocycles. The third-order valence-corrected chi connectivity index (χ3v) is 4.99. The number of aliphatic imine (C=N–C) groups is 1. The van der Waals surface area contributed by atoms with E-state index in [1.807, 2.05) is 12.1 Å². The number of benzene rings is 1. The minimum absolute atomic E-state index is 0.0762. The molecule has 0 bridgehead atoms. The van der Waals surface area contributed by atoms with Crippen molar-refractivity contribution in [2.24, 2.45) is 10.4 Å². The lowest BCUT2D eigenvalue weighted by Crippen LogP contribution is -2.72. The molecule has 1 heterocycles. The molecule has 1 aliphatic heterocycles. The fraction of sp³-hybridized carbons (Fsp3) is 0.588. The highest BCUT2D eigenvalue weighted by atomic mass is 19.1. The van der Waals surface area contributed by atoms with Gasteiger partial charge in [0, 0.05) is 31.1 Å². The molecule has 0 aliphatic carbocycles. The van der Waals surface area contributed by atoms with Crippen LogP contribution in [0.5, 0.6) is 0 Å². The van der Waals surface area contributed by atoms with Crippen molar-refractivity contribution in [1.29, 1.82) is 0 Å². The van der Waals surface area contributed by atoms with Crippen molar-refractivity contribution < 1.29 is 4.39 Å². The highest BCUT2D eigenvalue weighted by molar-refractivity contribution is 5.82. The van der Waals surface area contributed by atoms with E-state index in [0.717, 1.165) is 18.1 Å². The number of nitrogens with zero attached hydrogens (tertiary/aromatic N) is 2.